The third-order valence-corrected chi connectivity index (χ3v) is 4.94. The minimum atomic E-state index is -0.270. The summed E-state index contributed by atoms with van der Waals surface area (Å²) in [7, 11) is 0. The van der Waals surface area contributed by atoms with E-state index in [9.17, 15) is 9.59 Å². The van der Waals surface area contributed by atoms with Crippen LogP contribution < -0.4 is 5.56 Å². The Bertz CT molecular complexity index is 772. The molecule has 4 rings (SSSR count). The maximum absolute atomic E-state index is 12.7. The van der Waals surface area contributed by atoms with Crippen LogP contribution in [0.15, 0.2) is 23.4 Å². The van der Waals surface area contributed by atoms with Crippen molar-refractivity contribution in [3.63, 3.8) is 0 Å². The topological polar surface area (TPSA) is 72.5 Å². The number of carbonyl (C=O) groups is 1. The second-order valence-electron chi connectivity index (χ2n) is 6.79. The molecule has 0 unspecified atom stereocenters. The summed E-state index contributed by atoms with van der Waals surface area (Å²) < 4.78 is 2.68. The van der Waals surface area contributed by atoms with Gasteiger partial charge in [-0.25, -0.2) is 9.20 Å². The lowest BCUT2D eigenvalue weighted by atomic mass is 9.85. The highest BCUT2D eigenvalue weighted by atomic mass is 16.2. The normalized spacial score (nSPS) is 18.1. The Balaban J connectivity index is 1.50. The highest BCUT2D eigenvalue weighted by Gasteiger charge is 2.30. The van der Waals surface area contributed by atoms with Gasteiger partial charge in [0.15, 0.2) is 0 Å². The molecule has 2 aromatic heterocycles. The first-order chi connectivity index (χ1) is 11.2. The average molecular weight is 315 g/mol. The van der Waals surface area contributed by atoms with Crippen LogP contribution in [0.5, 0.6) is 0 Å². The number of hydrogen-bond acceptors (Lipinski definition) is 4. The van der Waals surface area contributed by atoms with Gasteiger partial charge in [-0.05, 0) is 43.6 Å². The summed E-state index contributed by atoms with van der Waals surface area (Å²) in [5, 5.41) is 8.05. The molecule has 0 radical (unpaired) electrons. The zero-order valence-corrected chi connectivity index (χ0v) is 13.1. The van der Waals surface area contributed by atoms with E-state index in [1.165, 1.54) is 47.6 Å². The fourth-order valence-electron chi connectivity index (χ4n) is 3.09. The van der Waals surface area contributed by atoms with E-state index in [-0.39, 0.29) is 18.0 Å². The Labute approximate surface area is 133 Å². The van der Waals surface area contributed by atoms with Crippen LogP contribution in [0.1, 0.15) is 32.1 Å². The summed E-state index contributed by atoms with van der Waals surface area (Å²) in [6, 6.07) is 1.64. The van der Waals surface area contributed by atoms with Gasteiger partial charge in [0, 0.05) is 13.1 Å². The van der Waals surface area contributed by atoms with E-state index < -0.39 is 0 Å². The highest BCUT2D eigenvalue weighted by molar-refractivity contribution is 5.76. The van der Waals surface area contributed by atoms with E-state index >= 15 is 0 Å². The molecule has 0 spiro atoms. The zero-order valence-electron chi connectivity index (χ0n) is 13.1. The van der Waals surface area contributed by atoms with Gasteiger partial charge < -0.3 is 4.90 Å². The first-order valence-corrected chi connectivity index (χ1v) is 8.38. The van der Waals surface area contributed by atoms with E-state index in [1.807, 2.05) is 4.90 Å². The van der Waals surface area contributed by atoms with Crippen LogP contribution in [-0.4, -0.2) is 43.3 Å². The summed E-state index contributed by atoms with van der Waals surface area (Å²) >= 11 is 0. The van der Waals surface area contributed by atoms with Crippen molar-refractivity contribution < 1.29 is 4.79 Å². The Kier molecular flexibility index (Phi) is 3.63. The number of aromatic nitrogens is 4. The Morgan fingerprint density at radius 2 is 1.91 bits per heavy atom. The first kappa shape index (κ1) is 14.4. The molecule has 7 heteroatoms. The third-order valence-electron chi connectivity index (χ3n) is 4.94. The second-order valence-corrected chi connectivity index (χ2v) is 6.79. The number of amides is 1. The summed E-state index contributed by atoms with van der Waals surface area (Å²) in [4.78, 5) is 27.0. The lowest BCUT2D eigenvalue weighted by molar-refractivity contribution is -0.133. The molecule has 2 fully saturated rings. The van der Waals surface area contributed by atoms with Gasteiger partial charge in [-0.1, -0.05) is 6.42 Å². The number of nitrogens with zero attached hydrogens (tertiary/aromatic N) is 5. The summed E-state index contributed by atoms with van der Waals surface area (Å²) in [5.41, 5.74) is 0.175. The minimum Gasteiger partial charge on any atom is -0.341 e. The lowest BCUT2D eigenvalue weighted by Crippen LogP contribution is -2.42. The van der Waals surface area contributed by atoms with Crippen LogP contribution in [0.3, 0.4) is 0 Å². The van der Waals surface area contributed by atoms with Crippen LogP contribution in [0.2, 0.25) is 0 Å². The van der Waals surface area contributed by atoms with Crippen molar-refractivity contribution in [3.05, 3.63) is 28.9 Å². The molecule has 0 atom stereocenters. The van der Waals surface area contributed by atoms with Crippen LogP contribution in [0, 0.1) is 11.8 Å². The summed E-state index contributed by atoms with van der Waals surface area (Å²) in [6.45, 7) is 1.68. The van der Waals surface area contributed by atoms with Crippen molar-refractivity contribution in [3.8, 4) is 0 Å². The van der Waals surface area contributed by atoms with E-state index in [4.69, 9.17) is 0 Å². The fraction of sp³-hybridized carbons (Fsp3) is 0.625. The third kappa shape index (κ3) is 3.00. The van der Waals surface area contributed by atoms with Crippen LogP contribution in [-0.2, 0) is 11.3 Å². The molecule has 2 saturated carbocycles. The van der Waals surface area contributed by atoms with Gasteiger partial charge >= 0.3 is 0 Å². The lowest BCUT2D eigenvalue weighted by Gasteiger charge is -2.32. The maximum Gasteiger partial charge on any atom is 0.293 e. The smallest absolute Gasteiger partial charge is 0.293 e. The average Bonchev–Trinajstić information content (AvgIpc) is 3.18. The number of carbonyl (C=O) groups excluding carboxylic acids is 1. The number of fused-ring (bicyclic) bond motifs is 1. The molecule has 0 bridgehead atoms. The first-order valence-electron chi connectivity index (χ1n) is 8.38. The summed E-state index contributed by atoms with van der Waals surface area (Å²) in [5.74, 6) is 1.29. The molecular weight excluding hydrogens is 294 g/mol. The van der Waals surface area contributed by atoms with E-state index in [1.54, 1.807) is 12.3 Å². The van der Waals surface area contributed by atoms with Gasteiger partial charge in [0.2, 0.25) is 5.91 Å². The monoisotopic (exact) mass is 315 g/mol. The van der Waals surface area contributed by atoms with Crippen LogP contribution in [0.25, 0.3) is 5.52 Å². The molecule has 1 amide bonds. The molecule has 7 nitrogen and oxygen atoms in total. The molecular formula is C16H21N5O2. The van der Waals surface area contributed by atoms with Gasteiger partial charge in [-0.3, -0.25) is 9.59 Å². The zero-order chi connectivity index (χ0) is 15.8. The molecule has 0 aliphatic heterocycles. The molecule has 2 heterocycles. The van der Waals surface area contributed by atoms with Crippen molar-refractivity contribution in [2.45, 2.75) is 38.6 Å². The Morgan fingerprint density at radius 1 is 1.17 bits per heavy atom. The van der Waals surface area contributed by atoms with E-state index in [2.05, 4.69) is 10.2 Å². The number of hydrogen-bond donors (Lipinski definition) is 0. The van der Waals surface area contributed by atoms with E-state index in [0.717, 1.165) is 13.1 Å². The predicted molar refractivity (Wildman–Crippen MR) is 83.9 cm³/mol. The quantitative estimate of drug-likeness (QED) is 0.795. The fourth-order valence-corrected chi connectivity index (χ4v) is 3.09. The summed E-state index contributed by atoms with van der Waals surface area (Å²) in [6.07, 6.45) is 9.17. The van der Waals surface area contributed by atoms with Crippen molar-refractivity contribution in [1.82, 2.24) is 24.3 Å². The van der Waals surface area contributed by atoms with E-state index in [0.29, 0.717) is 17.4 Å². The van der Waals surface area contributed by atoms with Crippen LogP contribution >= 0.6 is 0 Å². The standard InChI is InChI=1S/C16H21N5O2/c22-15(19(9-13-4-5-13)8-12-2-1-3-12)10-20-16(23)14-6-7-17-21(14)11-18-20/h6-7,11-13H,1-5,8-10H2. The predicted octanol–water partition coefficient (Wildman–Crippen LogP) is 0.930. The molecule has 0 aromatic carbocycles. The van der Waals surface area contributed by atoms with Gasteiger partial charge in [0.05, 0.1) is 6.20 Å². The van der Waals surface area contributed by atoms with Gasteiger partial charge in [-0.15, -0.1) is 0 Å². The SMILES string of the molecule is O=C(Cn1ncn2nccc2c1=O)N(CC1CCC1)CC1CC1. The van der Waals surface area contributed by atoms with Crippen molar-refractivity contribution in [2.24, 2.45) is 11.8 Å². The largest absolute Gasteiger partial charge is 0.341 e. The minimum absolute atomic E-state index is 0.00210. The molecule has 0 saturated heterocycles. The van der Waals surface area contributed by atoms with Crippen molar-refractivity contribution >= 4 is 11.4 Å². The molecule has 2 aliphatic carbocycles. The molecule has 0 N–H and O–H groups in total. The molecule has 23 heavy (non-hydrogen) atoms. The van der Waals surface area contributed by atoms with Gasteiger partial charge in [0.1, 0.15) is 18.4 Å². The van der Waals surface area contributed by atoms with Gasteiger partial charge in [-0.2, -0.15) is 10.2 Å². The van der Waals surface area contributed by atoms with Crippen molar-refractivity contribution in [2.75, 3.05) is 13.1 Å². The second kappa shape index (κ2) is 5.79. The Morgan fingerprint density at radius 3 is 2.57 bits per heavy atom. The van der Waals surface area contributed by atoms with Gasteiger partial charge in [0.25, 0.3) is 5.56 Å². The maximum atomic E-state index is 12.7. The highest BCUT2D eigenvalue weighted by Crippen LogP contribution is 2.32. The van der Waals surface area contributed by atoms with Crippen LogP contribution in [0.4, 0.5) is 0 Å². The molecule has 122 valence electrons. The number of rotatable bonds is 6. The molecule has 2 aromatic rings. The molecule has 2 aliphatic rings. The Hall–Kier alpha value is -2.18. The van der Waals surface area contributed by atoms with Crippen molar-refractivity contribution in [1.29, 1.82) is 0 Å².